The van der Waals surface area contributed by atoms with Gasteiger partial charge in [0.2, 0.25) is 0 Å². The molecular formula is C6H10O3. The maximum atomic E-state index is 9.01. The van der Waals surface area contributed by atoms with Crippen molar-refractivity contribution in [2.45, 2.75) is 6.29 Å². The first-order chi connectivity index (χ1) is 4.34. The SMILES string of the molecule is OC[C@@H]1[C@@H]2CO[C@@H](O)[C@H]12. The van der Waals surface area contributed by atoms with Gasteiger partial charge in [-0.1, -0.05) is 0 Å². The summed E-state index contributed by atoms with van der Waals surface area (Å²) in [5.41, 5.74) is 0. The van der Waals surface area contributed by atoms with Gasteiger partial charge in [-0.15, -0.1) is 0 Å². The lowest BCUT2D eigenvalue weighted by molar-refractivity contribution is -0.0913. The molecule has 1 heterocycles. The molecule has 2 aliphatic rings. The Morgan fingerprint density at radius 2 is 2.33 bits per heavy atom. The Labute approximate surface area is 53.3 Å². The van der Waals surface area contributed by atoms with E-state index in [1.165, 1.54) is 0 Å². The fourth-order valence-corrected chi connectivity index (χ4v) is 1.71. The molecule has 0 radical (unpaired) electrons. The summed E-state index contributed by atoms with van der Waals surface area (Å²) in [6, 6.07) is 0. The molecular weight excluding hydrogens is 120 g/mol. The van der Waals surface area contributed by atoms with Crippen molar-refractivity contribution in [3.8, 4) is 0 Å². The third-order valence-corrected chi connectivity index (χ3v) is 2.40. The zero-order valence-corrected chi connectivity index (χ0v) is 5.03. The molecule has 0 aromatic carbocycles. The van der Waals surface area contributed by atoms with Gasteiger partial charge in [0.25, 0.3) is 0 Å². The van der Waals surface area contributed by atoms with Gasteiger partial charge in [-0.2, -0.15) is 0 Å². The molecule has 0 aromatic heterocycles. The first kappa shape index (κ1) is 5.65. The quantitative estimate of drug-likeness (QED) is 0.488. The molecule has 9 heavy (non-hydrogen) atoms. The normalized spacial score (nSPS) is 55.3. The smallest absolute Gasteiger partial charge is 0.158 e. The topological polar surface area (TPSA) is 49.7 Å². The summed E-state index contributed by atoms with van der Waals surface area (Å²) in [6.45, 7) is 0.840. The van der Waals surface area contributed by atoms with Crippen LogP contribution < -0.4 is 0 Å². The van der Waals surface area contributed by atoms with Crippen LogP contribution >= 0.6 is 0 Å². The second-order valence-electron chi connectivity index (χ2n) is 2.81. The predicted molar refractivity (Wildman–Crippen MR) is 29.5 cm³/mol. The molecule has 3 heteroatoms. The second-order valence-corrected chi connectivity index (χ2v) is 2.81. The fraction of sp³-hybridized carbons (Fsp3) is 1.00. The van der Waals surface area contributed by atoms with Crippen LogP contribution in [0.1, 0.15) is 0 Å². The van der Waals surface area contributed by atoms with Gasteiger partial charge in [0.05, 0.1) is 6.61 Å². The van der Waals surface area contributed by atoms with Crippen LogP contribution in [0.3, 0.4) is 0 Å². The molecule has 1 aliphatic heterocycles. The number of rotatable bonds is 1. The highest BCUT2D eigenvalue weighted by Gasteiger charge is 2.58. The fourth-order valence-electron chi connectivity index (χ4n) is 1.71. The molecule has 4 atom stereocenters. The number of aliphatic hydroxyl groups excluding tert-OH is 2. The molecule has 2 N–H and O–H groups in total. The minimum atomic E-state index is -0.591. The monoisotopic (exact) mass is 130 g/mol. The Morgan fingerprint density at radius 3 is 2.67 bits per heavy atom. The van der Waals surface area contributed by atoms with Gasteiger partial charge in [0.15, 0.2) is 6.29 Å². The van der Waals surface area contributed by atoms with E-state index < -0.39 is 6.29 Å². The van der Waals surface area contributed by atoms with Crippen molar-refractivity contribution in [3.05, 3.63) is 0 Å². The van der Waals surface area contributed by atoms with Gasteiger partial charge in [-0.05, 0) is 11.8 Å². The Morgan fingerprint density at radius 1 is 1.56 bits per heavy atom. The van der Waals surface area contributed by atoms with E-state index in [0.29, 0.717) is 18.4 Å². The molecule has 2 rings (SSSR count). The van der Waals surface area contributed by atoms with Crippen LogP contribution in [0.25, 0.3) is 0 Å². The average molecular weight is 130 g/mol. The summed E-state index contributed by atoms with van der Waals surface area (Å²) in [6.07, 6.45) is -0.591. The molecule has 0 amide bonds. The van der Waals surface area contributed by atoms with Crippen LogP contribution in [0.5, 0.6) is 0 Å². The Bertz CT molecular complexity index is 121. The number of ether oxygens (including phenoxy) is 1. The van der Waals surface area contributed by atoms with Gasteiger partial charge < -0.3 is 14.9 Å². The summed E-state index contributed by atoms with van der Waals surface area (Å²) in [7, 11) is 0. The number of aliphatic hydroxyl groups is 2. The lowest BCUT2D eigenvalue weighted by atomic mass is 10.3. The first-order valence-electron chi connectivity index (χ1n) is 3.25. The number of hydrogen-bond donors (Lipinski definition) is 2. The van der Waals surface area contributed by atoms with Gasteiger partial charge in [-0.25, -0.2) is 0 Å². The summed E-state index contributed by atoms with van der Waals surface area (Å²) in [4.78, 5) is 0. The number of hydrogen-bond acceptors (Lipinski definition) is 3. The van der Waals surface area contributed by atoms with E-state index in [1.54, 1.807) is 0 Å². The summed E-state index contributed by atoms with van der Waals surface area (Å²) in [5, 5.41) is 17.7. The minimum absolute atomic E-state index is 0.204. The molecule has 0 bridgehead atoms. The van der Waals surface area contributed by atoms with E-state index in [9.17, 15) is 0 Å². The average Bonchev–Trinajstić information content (AvgIpc) is 2.46. The van der Waals surface area contributed by atoms with E-state index in [0.717, 1.165) is 0 Å². The highest BCUT2D eigenvalue weighted by atomic mass is 16.6. The second kappa shape index (κ2) is 1.68. The summed E-state index contributed by atoms with van der Waals surface area (Å²) >= 11 is 0. The van der Waals surface area contributed by atoms with Gasteiger partial charge >= 0.3 is 0 Å². The van der Waals surface area contributed by atoms with E-state index in [-0.39, 0.29) is 12.5 Å². The van der Waals surface area contributed by atoms with E-state index >= 15 is 0 Å². The maximum Gasteiger partial charge on any atom is 0.158 e. The highest BCUT2D eigenvalue weighted by Crippen LogP contribution is 2.52. The zero-order valence-electron chi connectivity index (χ0n) is 5.03. The third-order valence-electron chi connectivity index (χ3n) is 2.40. The van der Waals surface area contributed by atoms with Crippen molar-refractivity contribution < 1.29 is 14.9 Å². The van der Waals surface area contributed by atoms with Gasteiger partial charge in [-0.3, -0.25) is 0 Å². The van der Waals surface area contributed by atoms with Crippen molar-refractivity contribution in [1.82, 2.24) is 0 Å². The van der Waals surface area contributed by atoms with Crippen molar-refractivity contribution in [1.29, 1.82) is 0 Å². The van der Waals surface area contributed by atoms with Crippen LogP contribution in [0.4, 0.5) is 0 Å². The van der Waals surface area contributed by atoms with Crippen LogP contribution in [0, 0.1) is 17.8 Å². The first-order valence-corrected chi connectivity index (χ1v) is 3.25. The van der Waals surface area contributed by atoms with Crippen LogP contribution in [0.2, 0.25) is 0 Å². The Kier molecular flexibility index (Phi) is 1.06. The molecule has 2 fully saturated rings. The molecule has 1 aliphatic carbocycles. The Balaban J connectivity index is 1.98. The van der Waals surface area contributed by atoms with Gasteiger partial charge in [0, 0.05) is 12.5 Å². The lowest BCUT2D eigenvalue weighted by Gasteiger charge is -2.05. The number of fused-ring (bicyclic) bond motifs is 1. The lowest BCUT2D eigenvalue weighted by Crippen LogP contribution is -2.13. The third kappa shape index (κ3) is 0.625. The zero-order chi connectivity index (χ0) is 6.43. The molecule has 0 spiro atoms. The molecule has 52 valence electrons. The van der Waals surface area contributed by atoms with Crippen molar-refractivity contribution >= 4 is 0 Å². The standard InChI is InChI=1S/C6H10O3/c7-1-3-4-2-9-6(8)5(3)4/h3-8H,1-2H2/t3-,4+,5-,6-/m1/s1. The predicted octanol–water partition coefficient (Wildman–Crippen LogP) is -0.811. The van der Waals surface area contributed by atoms with Crippen molar-refractivity contribution in [2.75, 3.05) is 13.2 Å². The molecule has 0 unspecified atom stereocenters. The maximum absolute atomic E-state index is 9.01. The van der Waals surface area contributed by atoms with Crippen LogP contribution in [-0.2, 0) is 4.74 Å². The Hall–Kier alpha value is -0.120. The largest absolute Gasteiger partial charge is 0.396 e. The minimum Gasteiger partial charge on any atom is -0.396 e. The summed E-state index contributed by atoms with van der Waals surface area (Å²) < 4.78 is 4.89. The van der Waals surface area contributed by atoms with E-state index in [4.69, 9.17) is 14.9 Å². The van der Waals surface area contributed by atoms with Crippen LogP contribution in [-0.4, -0.2) is 29.7 Å². The van der Waals surface area contributed by atoms with Gasteiger partial charge in [0.1, 0.15) is 0 Å². The highest BCUT2D eigenvalue weighted by molar-refractivity contribution is 5.01. The van der Waals surface area contributed by atoms with E-state index in [1.807, 2.05) is 0 Å². The molecule has 1 saturated carbocycles. The molecule has 1 saturated heterocycles. The summed E-state index contributed by atoms with van der Waals surface area (Å²) in [5.74, 6) is 1.02. The van der Waals surface area contributed by atoms with E-state index in [2.05, 4.69) is 0 Å². The molecule has 3 nitrogen and oxygen atoms in total. The van der Waals surface area contributed by atoms with Crippen LogP contribution in [0.15, 0.2) is 0 Å². The van der Waals surface area contributed by atoms with Crippen molar-refractivity contribution in [2.24, 2.45) is 17.8 Å². The molecule has 0 aromatic rings. The van der Waals surface area contributed by atoms with Crippen molar-refractivity contribution in [3.63, 3.8) is 0 Å².